The third kappa shape index (κ3) is 7.37. The Morgan fingerprint density at radius 3 is 2.32 bits per heavy atom. The van der Waals surface area contributed by atoms with Crippen molar-refractivity contribution >= 4 is 11.8 Å². The summed E-state index contributed by atoms with van der Waals surface area (Å²) in [5.74, 6) is -3.25. The van der Waals surface area contributed by atoms with Crippen LogP contribution in [0.2, 0.25) is 0 Å². The summed E-state index contributed by atoms with van der Waals surface area (Å²) < 4.78 is 40.4. The lowest BCUT2D eigenvalue weighted by Crippen LogP contribution is -2.50. The van der Waals surface area contributed by atoms with Gasteiger partial charge in [0.25, 0.3) is 0 Å². The van der Waals surface area contributed by atoms with Crippen LogP contribution in [-0.2, 0) is 16.0 Å². The maximum Gasteiger partial charge on any atom is 0.573 e. The van der Waals surface area contributed by atoms with Crippen LogP contribution in [0.4, 0.5) is 13.2 Å². The van der Waals surface area contributed by atoms with Gasteiger partial charge in [-0.25, -0.2) is 5.48 Å². The smallest absolute Gasteiger partial charge is 0.406 e. The number of alkyl halides is 3. The SMILES string of the molecule is NC(=O)C1CCC(O)(C(CC(O)[CH]Cc2ccc(OC(F)(F)F)cc2)C(=O)NO)CC1. The quantitative estimate of drug-likeness (QED) is 0.288. The van der Waals surface area contributed by atoms with Crippen molar-refractivity contribution < 1.29 is 42.9 Å². The van der Waals surface area contributed by atoms with Gasteiger partial charge in [-0.05, 0) is 62.6 Å². The Morgan fingerprint density at radius 2 is 1.84 bits per heavy atom. The fourth-order valence-electron chi connectivity index (χ4n) is 3.84. The van der Waals surface area contributed by atoms with Crippen LogP contribution in [0, 0.1) is 18.3 Å². The minimum absolute atomic E-state index is 0.103. The van der Waals surface area contributed by atoms with Crippen molar-refractivity contribution in [3.63, 3.8) is 0 Å². The van der Waals surface area contributed by atoms with E-state index in [0.29, 0.717) is 5.56 Å². The van der Waals surface area contributed by atoms with Crippen molar-refractivity contribution in [2.75, 3.05) is 0 Å². The van der Waals surface area contributed by atoms with Crippen molar-refractivity contribution in [3.8, 4) is 5.75 Å². The summed E-state index contributed by atoms with van der Waals surface area (Å²) in [6.07, 6.45) is -3.73. The van der Waals surface area contributed by atoms with Gasteiger partial charge in [-0.3, -0.25) is 14.8 Å². The molecule has 1 aromatic carbocycles. The fourth-order valence-corrected chi connectivity index (χ4v) is 3.84. The molecule has 0 aromatic heterocycles. The van der Waals surface area contributed by atoms with Crippen molar-refractivity contribution in [2.24, 2.45) is 17.6 Å². The number of carbonyl (C=O) groups is 2. The van der Waals surface area contributed by atoms with Gasteiger partial charge in [0.2, 0.25) is 11.8 Å². The topological polar surface area (TPSA) is 142 Å². The summed E-state index contributed by atoms with van der Waals surface area (Å²) in [6, 6.07) is 5.09. The molecular weight excluding hydrogens is 421 g/mol. The van der Waals surface area contributed by atoms with E-state index in [1.165, 1.54) is 24.0 Å². The Kier molecular flexibility index (Phi) is 8.27. The number of aliphatic hydroxyl groups is 2. The predicted octanol–water partition coefficient (Wildman–Crippen LogP) is 1.61. The number of hydrogen-bond donors (Lipinski definition) is 5. The number of amides is 2. The van der Waals surface area contributed by atoms with Gasteiger partial charge in [-0.2, -0.15) is 0 Å². The molecule has 2 amide bonds. The van der Waals surface area contributed by atoms with Crippen LogP contribution >= 0.6 is 0 Å². The number of hydrogen-bond acceptors (Lipinski definition) is 6. The summed E-state index contributed by atoms with van der Waals surface area (Å²) in [6.45, 7) is 0. The number of primary amides is 1. The summed E-state index contributed by atoms with van der Waals surface area (Å²) in [4.78, 5) is 23.5. The second kappa shape index (κ2) is 10.3. The lowest BCUT2D eigenvalue weighted by molar-refractivity contribution is -0.274. The number of hydroxylamine groups is 1. The average molecular weight is 447 g/mol. The summed E-state index contributed by atoms with van der Waals surface area (Å²) in [5.41, 5.74) is 5.86. The van der Waals surface area contributed by atoms with E-state index in [2.05, 4.69) is 4.74 Å². The largest absolute Gasteiger partial charge is 0.573 e. The molecule has 31 heavy (non-hydrogen) atoms. The molecule has 0 bridgehead atoms. The zero-order valence-corrected chi connectivity index (χ0v) is 16.6. The van der Waals surface area contributed by atoms with E-state index in [0.717, 1.165) is 12.1 Å². The average Bonchev–Trinajstić information content (AvgIpc) is 2.70. The maximum absolute atomic E-state index is 12.2. The van der Waals surface area contributed by atoms with Crippen molar-refractivity contribution in [3.05, 3.63) is 36.2 Å². The zero-order chi connectivity index (χ0) is 23.2. The second-order valence-corrected chi connectivity index (χ2v) is 7.74. The van der Waals surface area contributed by atoms with Crippen LogP contribution in [-0.4, -0.2) is 45.3 Å². The highest BCUT2D eigenvalue weighted by Crippen LogP contribution is 2.39. The first-order chi connectivity index (χ1) is 14.4. The molecule has 1 aliphatic carbocycles. The minimum Gasteiger partial charge on any atom is -0.406 e. The molecule has 11 heteroatoms. The normalized spacial score (nSPS) is 23.6. The number of aliphatic hydroxyl groups excluding tert-OH is 1. The number of nitrogens with two attached hydrogens (primary N) is 1. The standard InChI is InChI=1S/C20H26F3N2O6/c21-20(22,23)31-15-5-2-12(3-6-15)1-4-14(26)11-16(18(28)25-30)19(29)9-7-13(8-10-19)17(24)27/h2-6,13-14,16,26,29-30H,1,7-11H2,(H2,24,27)(H,25,28). The predicted molar refractivity (Wildman–Crippen MR) is 101 cm³/mol. The number of benzene rings is 1. The van der Waals surface area contributed by atoms with Crippen molar-refractivity contribution in [2.45, 2.75) is 56.6 Å². The molecule has 173 valence electrons. The van der Waals surface area contributed by atoms with E-state index < -0.39 is 41.7 Å². The zero-order valence-electron chi connectivity index (χ0n) is 16.6. The highest BCUT2D eigenvalue weighted by molar-refractivity contribution is 5.79. The molecule has 0 spiro atoms. The number of nitrogens with one attached hydrogen (secondary N) is 1. The fraction of sp³-hybridized carbons (Fsp3) is 0.550. The molecule has 2 rings (SSSR count). The van der Waals surface area contributed by atoms with Crippen molar-refractivity contribution in [1.82, 2.24) is 5.48 Å². The van der Waals surface area contributed by atoms with Crippen molar-refractivity contribution in [1.29, 1.82) is 0 Å². The van der Waals surface area contributed by atoms with Crippen LogP contribution in [0.3, 0.4) is 0 Å². The molecule has 2 atom stereocenters. The Bertz CT molecular complexity index is 748. The molecule has 1 fully saturated rings. The Hall–Kier alpha value is -2.37. The Labute approximate surface area is 177 Å². The number of halogens is 3. The molecule has 6 N–H and O–H groups in total. The number of ether oxygens (including phenoxy) is 1. The van der Waals surface area contributed by atoms with Crippen LogP contribution in [0.15, 0.2) is 24.3 Å². The van der Waals surface area contributed by atoms with E-state index in [-0.39, 0.29) is 44.3 Å². The molecular formula is C20H26F3N2O6. The molecule has 8 nitrogen and oxygen atoms in total. The molecule has 0 heterocycles. The van der Waals surface area contributed by atoms with Gasteiger partial charge in [0, 0.05) is 5.92 Å². The lowest BCUT2D eigenvalue weighted by atomic mass is 9.70. The number of rotatable bonds is 9. The molecule has 1 aliphatic rings. The van der Waals surface area contributed by atoms with Gasteiger partial charge in [0.15, 0.2) is 0 Å². The van der Waals surface area contributed by atoms with Gasteiger partial charge in [-0.15, -0.1) is 13.2 Å². The van der Waals surface area contributed by atoms with Gasteiger partial charge >= 0.3 is 6.36 Å². The number of carbonyl (C=O) groups excluding carboxylic acids is 2. The van der Waals surface area contributed by atoms with E-state index >= 15 is 0 Å². The highest BCUT2D eigenvalue weighted by atomic mass is 19.4. The third-order valence-corrected chi connectivity index (χ3v) is 5.59. The van der Waals surface area contributed by atoms with Crippen LogP contribution in [0.1, 0.15) is 37.7 Å². The molecule has 1 saturated carbocycles. The summed E-state index contributed by atoms with van der Waals surface area (Å²) in [5, 5.41) is 30.3. The van der Waals surface area contributed by atoms with Crippen LogP contribution in [0.25, 0.3) is 0 Å². The molecule has 0 saturated heterocycles. The van der Waals surface area contributed by atoms with E-state index in [9.17, 15) is 33.0 Å². The van der Waals surface area contributed by atoms with Gasteiger partial charge in [0.05, 0.1) is 17.6 Å². The van der Waals surface area contributed by atoms with Gasteiger partial charge in [0.1, 0.15) is 5.75 Å². The summed E-state index contributed by atoms with van der Waals surface area (Å²) in [7, 11) is 0. The Morgan fingerprint density at radius 1 is 1.26 bits per heavy atom. The second-order valence-electron chi connectivity index (χ2n) is 7.74. The van der Waals surface area contributed by atoms with Crippen LogP contribution in [0.5, 0.6) is 5.75 Å². The first kappa shape index (κ1) is 24.9. The van der Waals surface area contributed by atoms with E-state index in [1.807, 2.05) is 0 Å². The van der Waals surface area contributed by atoms with E-state index in [1.54, 1.807) is 0 Å². The van der Waals surface area contributed by atoms with Crippen LogP contribution < -0.4 is 16.0 Å². The van der Waals surface area contributed by atoms with E-state index in [4.69, 9.17) is 10.9 Å². The molecule has 0 aliphatic heterocycles. The maximum atomic E-state index is 12.2. The third-order valence-electron chi connectivity index (χ3n) is 5.59. The van der Waals surface area contributed by atoms with Gasteiger partial charge < -0.3 is 20.7 Å². The van der Waals surface area contributed by atoms with Gasteiger partial charge in [-0.1, -0.05) is 12.1 Å². The first-order valence-electron chi connectivity index (χ1n) is 9.75. The molecule has 2 unspecified atom stereocenters. The first-order valence-corrected chi connectivity index (χ1v) is 9.75. The Balaban J connectivity index is 1.94. The molecule has 1 aromatic rings. The molecule has 1 radical (unpaired) electrons. The summed E-state index contributed by atoms with van der Waals surface area (Å²) >= 11 is 0. The minimum atomic E-state index is -4.79. The lowest BCUT2D eigenvalue weighted by Gasteiger charge is -2.40. The highest BCUT2D eigenvalue weighted by Gasteiger charge is 2.45. The monoisotopic (exact) mass is 447 g/mol.